The minimum absolute atomic E-state index is 0.0122. The molecule has 1 saturated carbocycles. The van der Waals surface area contributed by atoms with Crippen molar-refractivity contribution in [2.24, 2.45) is 0 Å². The Labute approximate surface area is 136 Å². The number of carbonyl (C=O) groups is 1. The standard InChI is InChI=1S/C19H21NO3/c1-22-17-9-8-16-18(17)23-11-10-20(16)19(21)15-7-6-13-4-2-3-5-14(13)12-15/h2-7,12,16-18H,8-11H2,1H3/t16-,17-,18+/m0/s1. The molecule has 1 amide bonds. The Hall–Kier alpha value is -1.91. The third-order valence-electron chi connectivity index (χ3n) is 5.10. The zero-order valence-electron chi connectivity index (χ0n) is 13.3. The van der Waals surface area contributed by atoms with Crippen LogP contribution in [0.5, 0.6) is 0 Å². The van der Waals surface area contributed by atoms with Gasteiger partial charge in [-0.15, -0.1) is 0 Å². The van der Waals surface area contributed by atoms with Crippen LogP contribution in [0.15, 0.2) is 42.5 Å². The number of morpholine rings is 1. The molecule has 23 heavy (non-hydrogen) atoms. The molecule has 1 heterocycles. The van der Waals surface area contributed by atoms with Crippen molar-refractivity contribution in [2.45, 2.75) is 31.1 Å². The van der Waals surface area contributed by atoms with Crippen molar-refractivity contribution >= 4 is 16.7 Å². The molecule has 1 aliphatic carbocycles. The molecule has 4 heteroatoms. The molecule has 3 atom stereocenters. The summed E-state index contributed by atoms with van der Waals surface area (Å²) in [6.07, 6.45) is 2.01. The number of rotatable bonds is 2. The van der Waals surface area contributed by atoms with Gasteiger partial charge in [-0.1, -0.05) is 30.3 Å². The highest BCUT2D eigenvalue weighted by molar-refractivity contribution is 5.98. The van der Waals surface area contributed by atoms with Gasteiger partial charge in [-0.2, -0.15) is 0 Å². The number of nitrogens with zero attached hydrogens (tertiary/aromatic N) is 1. The number of benzene rings is 2. The van der Waals surface area contributed by atoms with E-state index in [2.05, 4.69) is 6.07 Å². The van der Waals surface area contributed by atoms with Gasteiger partial charge in [0.05, 0.1) is 18.8 Å². The molecule has 2 aliphatic rings. The van der Waals surface area contributed by atoms with Gasteiger partial charge < -0.3 is 14.4 Å². The van der Waals surface area contributed by atoms with E-state index in [-0.39, 0.29) is 24.2 Å². The second kappa shape index (κ2) is 5.95. The first-order chi connectivity index (χ1) is 11.3. The van der Waals surface area contributed by atoms with Crippen LogP contribution in [0.4, 0.5) is 0 Å². The van der Waals surface area contributed by atoms with E-state index in [0.717, 1.165) is 29.2 Å². The fraction of sp³-hybridized carbons (Fsp3) is 0.421. The van der Waals surface area contributed by atoms with Gasteiger partial charge in [0.25, 0.3) is 5.91 Å². The first-order valence-corrected chi connectivity index (χ1v) is 8.22. The average Bonchev–Trinajstić information content (AvgIpc) is 3.04. The van der Waals surface area contributed by atoms with Crippen LogP contribution in [-0.2, 0) is 9.47 Å². The van der Waals surface area contributed by atoms with E-state index in [9.17, 15) is 4.79 Å². The van der Waals surface area contributed by atoms with Crippen molar-refractivity contribution in [1.82, 2.24) is 4.90 Å². The number of fused-ring (bicyclic) bond motifs is 2. The fourth-order valence-corrected chi connectivity index (χ4v) is 3.91. The molecule has 0 aromatic heterocycles. The van der Waals surface area contributed by atoms with E-state index in [0.29, 0.717) is 13.2 Å². The molecule has 4 rings (SSSR count). The Kier molecular flexibility index (Phi) is 3.79. The van der Waals surface area contributed by atoms with Crippen molar-refractivity contribution in [1.29, 1.82) is 0 Å². The monoisotopic (exact) mass is 311 g/mol. The van der Waals surface area contributed by atoms with Crippen LogP contribution in [-0.4, -0.2) is 49.3 Å². The molecule has 120 valence electrons. The number of carbonyl (C=O) groups excluding carboxylic acids is 1. The van der Waals surface area contributed by atoms with Gasteiger partial charge in [0, 0.05) is 19.2 Å². The second-order valence-electron chi connectivity index (χ2n) is 6.31. The van der Waals surface area contributed by atoms with Gasteiger partial charge in [-0.3, -0.25) is 4.79 Å². The third-order valence-corrected chi connectivity index (χ3v) is 5.10. The first kappa shape index (κ1) is 14.7. The molecule has 0 N–H and O–H groups in total. The molecule has 2 aromatic carbocycles. The summed E-state index contributed by atoms with van der Waals surface area (Å²) in [5, 5.41) is 2.26. The number of ether oxygens (including phenoxy) is 2. The largest absolute Gasteiger partial charge is 0.379 e. The fourth-order valence-electron chi connectivity index (χ4n) is 3.91. The van der Waals surface area contributed by atoms with Crippen LogP contribution < -0.4 is 0 Å². The summed E-state index contributed by atoms with van der Waals surface area (Å²) in [6, 6.07) is 14.2. The molecule has 0 bridgehead atoms. The van der Waals surface area contributed by atoms with Crippen molar-refractivity contribution in [3.8, 4) is 0 Å². The molecule has 0 spiro atoms. The maximum atomic E-state index is 13.0. The Morgan fingerprint density at radius 2 is 2.00 bits per heavy atom. The van der Waals surface area contributed by atoms with Gasteiger partial charge in [0.2, 0.25) is 0 Å². The Morgan fingerprint density at radius 3 is 2.83 bits per heavy atom. The minimum atomic E-state index is 0.0122. The predicted octanol–water partition coefficient (Wildman–Crippen LogP) is 2.86. The quantitative estimate of drug-likeness (QED) is 0.856. The Balaban J connectivity index is 1.62. The summed E-state index contributed by atoms with van der Waals surface area (Å²) in [6.45, 7) is 1.24. The number of methoxy groups -OCH3 is 1. The van der Waals surface area contributed by atoms with E-state index >= 15 is 0 Å². The van der Waals surface area contributed by atoms with Crippen LogP contribution in [0, 0.1) is 0 Å². The molecular formula is C19H21NO3. The molecule has 1 saturated heterocycles. The Bertz CT molecular complexity index is 729. The van der Waals surface area contributed by atoms with E-state index < -0.39 is 0 Å². The lowest BCUT2D eigenvalue weighted by atomic mass is 10.0. The van der Waals surface area contributed by atoms with Crippen molar-refractivity contribution < 1.29 is 14.3 Å². The average molecular weight is 311 g/mol. The van der Waals surface area contributed by atoms with Crippen LogP contribution in [0.1, 0.15) is 23.2 Å². The normalized spacial score (nSPS) is 27.2. The zero-order valence-corrected chi connectivity index (χ0v) is 13.3. The van der Waals surface area contributed by atoms with Crippen molar-refractivity contribution in [2.75, 3.05) is 20.3 Å². The molecule has 2 aromatic rings. The van der Waals surface area contributed by atoms with Gasteiger partial charge >= 0.3 is 0 Å². The van der Waals surface area contributed by atoms with E-state index in [4.69, 9.17) is 9.47 Å². The number of hydrogen-bond acceptors (Lipinski definition) is 3. The summed E-state index contributed by atoms with van der Waals surface area (Å²) in [7, 11) is 1.72. The molecule has 2 fully saturated rings. The Morgan fingerprint density at radius 1 is 1.17 bits per heavy atom. The summed E-state index contributed by atoms with van der Waals surface area (Å²) >= 11 is 0. The van der Waals surface area contributed by atoms with Gasteiger partial charge in [-0.05, 0) is 35.7 Å². The van der Waals surface area contributed by atoms with Crippen molar-refractivity contribution in [3.63, 3.8) is 0 Å². The maximum absolute atomic E-state index is 13.0. The van der Waals surface area contributed by atoms with Gasteiger partial charge in [0.15, 0.2) is 0 Å². The van der Waals surface area contributed by atoms with Gasteiger partial charge in [-0.25, -0.2) is 0 Å². The maximum Gasteiger partial charge on any atom is 0.254 e. The molecular weight excluding hydrogens is 290 g/mol. The third kappa shape index (κ3) is 2.52. The molecule has 1 aliphatic heterocycles. The van der Waals surface area contributed by atoms with Crippen LogP contribution in [0.3, 0.4) is 0 Å². The molecule has 0 unspecified atom stereocenters. The summed E-state index contributed by atoms with van der Waals surface area (Å²) in [5.74, 6) is 0.103. The summed E-state index contributed by atoms with van der Waals surface area (Å²) in [5.41, 5.74) is 0.755. The highest BCUT2D eigenvalue weighted by Gasteiger charge is 2.44. The van der Waals surface area contributed by atoms with Crippen LogP contribution in [0.2, 0.25) is 0 Å². The van der Waals surface area contributed by atoms with E-state index in [1.54, 1.807) is 7.11 Å². The summed E-state index contributed by atoms with van der Waals surface area (Å²) < 4.78 is 11.4. The van der Waals surface area contributed by atoms with Crippen LogP contribution in [0.25, 0.3) is 10.8 Å². The molecule has 0 radical (unpaired) electrons. The lowest BCUT2D eigenvalue weighted by molar-refractivity contribution is -0.0946. The highest BCUT2D eigenvalue weighted by Crippen LogP contribution is 2.32. The lowest BCUT2D eigenvalue weighted by Gasteiger charge is -2.39. The van der Waals surface area contributed by atoms with Crippen LogP contribution >= 0.6 is 0 Å². The second-order valence-corrected chi connectivity index (χ2v) is 6.31. The van der Waals surface area contributed by atoms with E-state index in [1.807, 2.05) is 41.3 Å². The zero-order chi connectivity index (χ0) is 15.8. The van der Waals surface area contributed by atoms with Crippen molar-refractivity contribution in [3.05, 3.63) is 48.0 Å². The number of amides is 1. The minimum Gasteiger partial charge on any atom is -0.379 e. The summed E-state index contributed by atoms with van der Waals surface area (Å²) in [4.78, 5) is 15.0. The lowest BCUT2D eigenvalue weighted by Crippen LogP contribution is -2.53. The predicted molar refractivity (Wildman–Crippen MR) is 88.5 cm³/mol. The number of hydrogen-bond donors (Lipinski definition) is 0. The first-order valence-electron chi connectivity index (χ1n) is 8.22. The smallest absolute Gasteiger partial charge is 0.254 e. The molecule has 4 nitrogen and oxygen atoms in total. The van der Waals surface area contributed by atoms with Gasteiger partial charge in [0.1, 0.15) is 6.10 Å². The highest BCUT2D eigenvalue weighted by atomic mass is 16.5. The topological polar surface area (TPSA) is 38.8 Å². The van der Waals surface area contributed by atoms with E-state index in [1.165, 1.54) is 0 Å². The SMILES string of the molecule is CO[C@H]1CC[C@H]2[C@H]1OCCN2C(=O)c1ccc2ccccc2c1.